The van der Waals surface area contributed by atoms with Crippen molar-refractivity contribution in [2.24, 2.45) is 5.73 Å². The van der Waals surface area contributed by atoms with E-state index in [0.29, 0.717) is 11.8 Å². The Hall–Kier alpha value is -1.02. The Labute approximate surface area is 105 Å². The Morgan fingerprint density at radius 3 is 2.47 bits per heavy atom. The number of methoxy groups -OCH3 is 1. The molecule has 2 N–H and O–H groups in total. The number of rotatable bonds is 6. The summed E-state index contributed by atoms with van der Waals surface area (Å²) in [6.07, 6.45) is 2.13. The first-order valence-electron chi connectivity index (χ1n) is 6.51. The Bertz CT molecular complexity index is 347. The van der Waals surface area contributed by atoms with Crippen LogP contribution in [0.25, 0.3) is 0 Å². The molecule has 0 aliphatic rings. The van der Waals surface area contributed by atoms with E-state index in [1.807, 2.05) is 0 Å². The first kappa shape index (κ1) is 14.0. The number of nitrogens with two attached hydrogens (primary N) is 1. The molecule has 1 unspecified atom stereocenters. The van der Waals surface area contributed by atoms with E-state index in [1.54, 1.807) is 7.11 Å². The van der Waals surface area contributed by atoms with Crippen LogP contribution in [0.5, 0.6) is 5.75 Å². The van der Waals surface area contributed by atoms with Crippen LogP contribution in [0.15, 0.2) is 18.2 Å². The van der Waals surface area contributed by atoms with Crippen LogP contribution in [0.1, 0.15) is 56.6 Å². The molecule has 1 aromatic carbocycles. The predicted molar refractivity (Wildman–Crippen MR) is 73.8 cm³/mol. The first-order valence-corrected chi connectivity index (χ1v) is 6.51. The molecule has 0 bridgehead atoms. The maximum Gasteiger partial charge on any atom is 0.122 e. The average molecular weight is 235 g/mol. The van der Waals surface area contributed by atoms with Gasteiger partial charge in [-0.15, -0.1) is 0 Å². The quantitative estimate of drug-likeness (QED) is 0.816. The number of hydrogen-bond donors (Lipinski definition) is 1. The fraction of sp³-hybridized carbons (Fsp3) is 0.600. The molecule has 0 heterocycles. The van der Waals surface area contributed by atoms with Gasteiger partial charge in [-0.25, -0.2) is 0 Å². The highest BCUT2D eigenvalue weighted by molar-refractivity contribution is 5.41. The molecular weight excluding hydrogens is 210 g/mol. The lowest BCUT2D eigenvalue weighted by Crippen LogP contribution is -2.08. The lowest BCUT2D eigenvalue weighted by molar-refractivity contribution is 0.402. The Balaban J connectivity index is 3.06. The van der Waals surface area contributed by atoms with Crippen molar-refractivity contribution >= 4 is 0 Å². The van der Waals surface area contributed by atoms with Gasteiger partial charge in [0.2, 0.25) is 0 Å². The van der Waals surface area contributed by atoms with Gasteiger partial charge in [0, 0.05) is 0 Å². The van der Waals surface area contributed by atoms with Gasteiger partial charge in [-0.05, 0) is 48.4 Å². The molecule has 0 saturated carbocycles. The third-order valence-electron chi connectivity index (χ3n) is 3.37. The fourth-order valence-electron chi connectivity index (χ4n) is 2.20. The Kier molecular flexibility index (Phi) is 5.49. The summed E-state index contributed by atoms with van der Waals surface area (Å²) in [5.41, 5.74) is 8.29. The van der Waals surface area contributed by atoms with Crippen molar-refractivity contribution in [1.29, 1.82) is 0 Å². The van der Waals surface area contributed by atoms with Crippen molar-refractivity contribution in [2.45, 2.75) is 45.4 Å². The number of hydrogen-bond acceptors (Lipinski definition) is 2. The van der Waals surface area contributed by atoms with E-state index in [4.69, 9.17) is 10.5 Å². The van der Waals surface area contributed by atoms with Crippen LogP contribution in [0.2, 0.25) is 0 Å². The van der Waals surface area contributed by atoms with Crippen LogP contribution >= 0.6 is 0 Å². The molecule has 0 fully saturated rings. The molecule has 1 rings (SSSR count). The van der Waals surface area contributed by atoms with Crippen molar-refractivity contribution in [2.75, 3.05) is 13.7 Å². The van der Waals surface area contributed by atoms with Crippen LogP contribution in [0.4, 0.5) is 0 Å². The monoisotopic (exact) mass is 235 g/mol. The minimum absolute atomic E-state index is 0.510. The highest BCUT2D eigenvalue weighted by Crippen LogP contribution is 2.33. The first-order chi connectivity index (χ1) is 8.13. The summed E-state index contributed by atoms with van der Waals surface area (Å²) in [7, 11) is 1.75. The smallest absolute Gasteiger partial charge is 0.122 e. The van der Waals surface area contributed by atoms with Crippen molar-refractivity contribution < 1.29 is 4.74 Å². The van der Waals surface area contributed by atoms with Crippen LogP contribution in [-0.2, 0) is 0 Å². The van der Waals surface area contributed by atoms with Gasteiger partial charge in [0.25, 0.3) is 0 Å². The van der Waals surface area contributed by atoms with Crippen molar-refractivity contribution in [3.63, 3.8) is 0 Å². The van der Waals surface area contributed by atoms with Gasteiger partial charge in [-0.1, -0.05) is 32.9 Å². The average Bonchev–Trinajstić information content (AvgIpc) is 2.35. The van der Waals surface area contributed by atoms with E-state index < -0.39 is 0 Å². The number of benzene rings is 1. The van der Waals surface area contributed by atoms with Crippen LogP contribution in [0.3, 0.4) is 0 Å². The van der Waals surface area contributed by atoms with E-state index in [-0.39, 0.29) is 0 Å². The molecule has 0 amide bonds. The van der Waals surface area contributed by atoms with Crippen LogP contribution in [-0.4, -0.2) is 13.7 Å². The zero-order chi connectivity index (χ0) is 12.8. The van der Waals surface area contributed by atoms with Crippen molar-refractivity contribution in [1.82, 2.24) is 0 Å². The summed E-state index contributed by atoms with van der Waals surface area (Å²) in [5, 5.41) is 0. The summed E-state index contributed by atoms with van der Waals surface area (Å²) in [6, 6.07) is 6.58. The van der Waals surface area contributed by atoms with Crippen molar-refractivity contribution in [3.8, 4) is 5.75 Å². The molecule has 96 valence electrons. The topological polar surface area (TPSA) is 35.2 Å². The molecule has 2 heteroatoms. The number of ether oxygens (including phenoxy) is 1. The van der Waals surface area contributed by atoms with Crippen LogP contribution < -0.4 is 10.5 Å². The second kappa shape index (κ2) is 6.65. The predicted octanol–water partition coefficient (Wildman–Crippen LogP) is 3.66. The lowest BCUT2D eigenvalue weighted by Gasteiger charge is -2.19. The Morgan fingerprint density at radius 2 is 2.00 bits per heavy atom. The molecule has 1 aromatic rings. The second-order valence-corrected chi connectivity index (χ2v) is 4.84. The van der Waals surface area contributed by atoms with Gasteiger partial charge in [-0.3, -0.25) is 0 Å². The maximum absolute atomic E-state index is 5.67. The zero-order valence-corrected chi connectivity index (χ0v) is 11.5. The molecule has 0 saturated heterocycles. The highest BCUT2D eigenvalue weighted by Gasteiger charge is 2.14. The minimum atomic E-state index is 0.510. The largest absolute Gasteiger partial charge is 0.496 e. The summed E-state index contributed by atoms with van der Waals surface area (Å²) in [4.78, 5) is 0. The van der Waals surface area contributed by atoms with Gasteiger partial charge < -0.3 is 10.5 Å². The van der Waals surface area contributed by atoms with Crippen molar-refractivity contribution in [3.05, 3.63) is 29.3 Å². The SMILES string of the molecule is CCC(CCN)c1ccc(C(C)C)cc1OC. The second-order valence-electron chi connectivity index (χ2n) is 4.84. The molecule has 17 heavy (non-hydrogen) atoms. The lowest BCUT2D eigenvalue weighted by atomic mass is 9.90. The molecule has 0 aliphatic heterocycles. The molecule has 0 spiro atoms. The van der Waals surface area contributed by atoms with E-state index in [1.165, 1.54) is 11.1 Å². The van der Waals surface area contributed by atoms with Gasteiger partial charge in [0.05, 0.1) is 7.11 Å². The van der Waals surface area contributed by atoms with E-state index in [2.05, 4.69) is 39.0 Å². The normalized spacial score (nSPS) is 12.8. The standard InChI is InChI=1S/C15H25NO/c1-5-12(8-9-16)14-7-6-13(11(2)3)10-15(14)17-4/h6-7,10-12H,5,8-9,16H2,1-4H3. The van der Waals surface area contributed by atoms with Gasteiger partial charge in [0.1, 0.15) is 5.75 Å². The summed E-state index contributed by atoms with van der Waals surface area (Å²) in [5.74, 6) is 2.06. The summed E-state index contributed by atoms with van der Waals surface area (Å²) >= 11 is 0. The van der Waals surface area contributed by atoms with Gasteiger partial charge >= 0.3 is 0 Å². The van der Waals surface area contributed by atoms with E-state index in [9.17, 15) is 0 Å². The molecular formula is C15H25NO. The molecule has 0 aromatic heterocycles. The third kappa shape index (κ3) is 3.47. The maximum atomic E-state index is 5.67. The molecule has 0 radical (unpaired) electrons. The van der Waals surface area contributed by atoms with Gasteiger partial charge in [0.15, 0.2) is 0 Å². The third-order valence-corrected chi connectivity index (χ3v) is 3.37. The minimum Gasteiger partial charge on any atom is -0.496 e. The molecule has 1 atom stereocenters. The summed E-state index contributed by atoms with van der Waals surface area (Å²) in [6.45, 7) is 7.33. The van der Waals surface area contributed by atoms with E-state index >= 15 is 0 Å². The van der Waals surface area contributed by atoms with E-state index in [0.717, 1.165) is 25.1 Å². The zero-order valence-electron chi connectivity index (χ0n) is 11.5. The summed E-state index contributed by atoms with van der Waals surface area (Å²) < 4.78 is 5.52. The fourth-order valence-corrected chi connectivity index (χ4v) is 2.20. The molecule has 2 nitrogen and oxygen atoms in total. The molecule has 0 aliphatic carbocycles. The van der Waals surface area contributed by atoms with Crippen LogP contribution in [0, 0.1) is 0 Å². The highest BCUT2D eigenvalue weighted by atomic mass is 16.5. The van der Waals surface area contributed by atoms with Gasteiger partial charge in [-0.2, -0.15) is 0 Å². The Morgan fingerprint density at radius 1 is 1.29 bits per heavy atom.